The van der Waals surface area contributed by atoms with Crippen LogP contribution in [0.3, 0.4) is 0 Å². The van der Waals surface area contributed by atoms with Crippen molar-refractivity contribution in [2.24, 2.45) is 11.7 Å². The van der Waals surface area contributed by atoms with E-state index < -0.39 is 0 Å². The van der Waals surface area contributed by atoms with Gasteiger partial charge in [-0.25, -0.2) is 0 Å². The molecule has 10 heavy (non-hydrogen) atoms. The highest BCUT2D eigenvalue weighted by Crippen LogP contribution is 2.22. The summed E-state index contributed by atoms with van der Waals surface area (Å²) in [6, 6.07) is 0.657. The van der Waals surface area contributed by atoms with Crippen molar-refractivity contribution in [2.75, 3.05) is 20.1 Å². The van der Waals surface area contributed by atoms with Gasteiger partial charge in [0.1, 0.15) is 0 Å². The SMILES string of the molecule is CC[C@@H]1C[C@@H](CN)N(C)C1. The fourth-order valence-electron chi connectivity index (χ4n) is 1.77. The molecule has 1 saturated heterocycles. The summed E-state index contributed by atoms with van der Waals surface area (Å²) in [5.74, 6) is 0.901. The van der Waals surface area contributed by atoms with E-state index in [1.165, 1.54) is 19.4 Å². The third-order valence-electron chi connectivity index (χ3n) is 2.62. The van der Waals surface area contributed by atoms with Gasteiger partial charge in [0.15, 0.2) is 0 Å². The molecule has 0 saturated carbocycles. The normalized spacial score (nSPS) is 35.1. The second-order valence-corrected chi connectivity index (χ2v) is 3.34. The molecule has 0 unspecified atom stereocenters. The average molecular weight is 142 g/mol. The molecule has 0 bridgehead atoms. The van der Waals surface area contributed by atoms with Crippen LogP contribution in [0.5, 0.6) is 0 Å². The summed E-state index contributed by atoms with van der Waals surface area (Å²) in [5, 5.41) is 0. The van der Waals surface area contributed by atoms with Crippen LogP contribution < -0.4 is 5.73 Å². The molecule has 0 aliphatic carbocycles. The lowest BCUT2D eigenvalue weighted by Crippen LogP contribution is -2.31. The van der Waals surface area contributed by atoms with Gasteiger partial charge in [-0.05, 0) is 19.4 Å². The predicted molar refractivity (Wildman–Crippen MR) is 43.9 cm³/mol. The molecule has 1 aliphatic heterocycles. The highest BCUT2D eigenvalue weighted by atomic mass is 15.2. The Kier molecular flexibility index (Phi) is 2.69. The Labute approximate surface area is 63.4 Å². The van der Waals surface area contributed by atoms with Crippen LogP contribution in [0.1, 0.15) is 19.8 Å². The number of nitrogens with two attached hydrogens (primary N) is 1. The Morgan fingerprint density at radius 2 is 2.30 bits per heavy atom. The molecule has 60 valence electrons. The predicted octanol–water partition coefficient (Wildman–Crippen LogP) is 0.675. The number of likely N-dealkylation sites (N-methyl/N-ethyl adjacent to an activating group) is 1. The molecular weight excluding hydrogens is 124 g/mol. The zero-order chi connectivity index (χ0) is 7.56. The first kappa shape index (κ1) is 8.02. The lowest BCUT2D eigenvalue weighted by Gasteiger charge is -2.15. The Hall–Kier alpha value is -0.0800. The van der Waals surface area contributed by atoms with Gasteiger partial charge < -0.3 is 10.6 Å². The Balaban J connectivity index is 2.36. The summed E-state index contributed by atoms with van der Waals surface area (Å²) >= 11 is 0. The van der Waals surface area contributed by atoms with Gasteiger partial charge in [0.05, 0.1) is 0 Å². The first-order valence-corrected chi connectivity index (χ1v) is 4.18. The molecule has 0 aromatic rings. The van der Waals surface area contributed by atoms with Gasteiger partial charge in [0.2, 0.25) is 0 Å². The van der Waals surface area contributed by atoms with Gasteiger partial charge in [-0.2, -0.15) is 0 Å². The Morgan fingerprint density at radius 3 is 2.60 bits per heavy atom. The monoisotopic (exact) mass is 142 g/mol. The molecule has 1 aliphatic rings. The molecule has 2 N–H and O–H groups in total. The molecular formula is C8H18N2. The van der Waals surface area contributed by atoms with E-state index in [2.05, 4.69) is 18.9 Å². The standard InChI is InChI=1S/C8H18N2/c1-3-7-4-8(5-9)10(2)6-7/h7-8H,3-6,9H2,1-2H3/t7-,8+/m1/s1. The average Bonchev–Trinajstić information content (AvgIpc) is 2.30. The minimum atomic E-state index is 0.657. The van der Waals surface area contributed by atoms with Crippen LogP contribution in [-0.4, -0.2) is 31.1 Å². The van der Waals surface area contributed by atoms with Crippen molar-refractivity contribution in [3.63, 3.8) is 0 Å². The number of likely N-dealkylation sites (tertiary alicyclic amines) is 1. The number of nitrogens with zero attached hydrogens (tertiary/aromatic N) is 1. The third kappa shape index (κ3) is 1.50. The summed E-state index contributed by atoms with van der Waals surface area (Å²) < 4.78 is 0. The first-order valence-electron chi connectivity index (χ1n) is 4.18. The van der Waals surface area contributed by atoms with E-state index in [-0.39, 0.29) is 0 Å². The van der Waals surface area contributed by atoms with E-state index >= 15 is 0 Å². The molecule has 2 heteroatoms. The van der Waals surface area contributed by atoms with Crippen molar-refractivity contribution in [1.29, 1.82) is 0 Å². The van der Waals surface area contributed by atoms with E-state index in [9.17, 15) is 0 Å². The summed E-state index contributed by atoms with van der Waals surface area (Å²) in [6.07, 6.45) is 2.62. The van der Waals surface area contributed by atoms with E-state index in [0.29, 0.717) is 6.04 Å². The maximum Gasteiger partial charge on any atom is 0.0218 e. The van der Waals surface area contributed by atoms with Gasteiger partial charge in [-0.1, -0.05) is 13.3 Å². The van der Waals surface area contributed by atoms with Crippen LogP contribution in [0.15, 0.2) is 0 Å². The van der Waals surface area contributed by atoms with Crippen molar-refractivity contribution >= 4 is 0 Å². The van der Waals surface area contributed by atoms with Crippen molar-refractivity contribution in [2.45, 2.75) is 25.8 Å². The number of rotatable bonds is 2. The fourth-order valence-corrected chi connectivity index (χ4v) is 1.77. The van der Waals surface area contributed by atoms with Crippen LogP contribution in [-0.2, 0) is 0 Å². The lowest BCUT2D eigenvalue weighted by molar-refractivity contribution is 0.312. The molecule has 1 heterocycles. The Bertz CT molecular complexity index is 103. The molecule has 0 spiro atoms. The topological polar surface area (TPSA) is 29.3 Å². The zero-order valence-electron chi connectivity index (χ0n) is 7.01. The van der Waals surface area contributed by atoms with Gasteiger partial charge in [-0.3, -0.25) is 0 Å². The number of hydrogen-bond donors (Lipinski definition) is 1. The van der Waals surface area contributed by atoms with Crippen molar-refractivity contribution < 1.29 is 0 Å². The van der Waals surface area contributed by atoms with E-state index in [1.807, 2.05) is 0 Å². The maximum atomic E-state index is 5.60. The van der Waals surface area contributed by atoms with Gasteiger partial charge >= 0.3 is 0 Å². The van der Waals surface area contributed by atoms with Crippen LogP contribution in [0.25, 0.3) is 0 Å². The minimum absolute atomic E-state index is 0.657. The van der Waals surface area contributed by atoms with Gasteiger partial charge in [0, 0.05) is 19.1 Å². The molecule has 0 aromatic carbocycles. The third-order valence-corrected chi connectivity index (χ3v) is 2.62. The first-order chi connectivity index (χ1) is 4.77. The van der Waals surface area contributed by atoms with Crippen LogP contribution >= 0.6 is 0 Å². The van der Waals surface area contributed by atoms with Crippen molar-refractivity contribution in [1.82, 2.24) is 4.90 Å². The van der Waals surface area contributed by atoms with E-state index in [4.69, 9.17) is 5.73 Å². The molecule has 0 amide bonds. The maximum absolute atomic E-state index is 5.60. The molecule has 0 radical (unpaired) electrons. The molecule has 1 rings (SSSR count). The largest absolute Gasteiger partial charge is 0.329 e. The fraction of sp³-hybridized carbons (Fsp3) is 1.00. The molecule has 0 aromatic heterocycles. The van der Waals surface area contributed by atoms with Crippen LogP contribution in [0.4, 0.5) is 0 Å². The molecule has 2 atom stereocenters. The summed E-state index contributed by atoms with van der Waals surface area (Å²) in [7, 11) is 2.17. The Morgan fingerprint density at radius 1 is 1.60 bits per heavy atom. The quantitative estimate of drug-likeness (QED) is 0.614. The lowest BCUT2D eigenvalue weighted by atomic mass is 10.0. The van der Waals surface area contributed by atoms with Gasteiger partial charge in [0.25, 0.3) is 0 Å². The van der Waals surface area contributed by atoms with Crippen LogP contribution in [0, 0.1) is 5.92 Å². The summed E-state index contributed by atoms with van der Waals surface area (Å²) in [4.78, 5) is 2.38. The smallest absolute Gasteiger partial charge is 0.0218 e. The van der Waals surface area contributed by atoms with E-state index in [1.54, 1.807) is 0 Å². The van der Waals surface area contributed by atoms with Crippen LogP contribution in [0.2, 0.25) is 0 Å². The van der Waals surface area contributed by atoms with E-state index in [0.717, 1.165) is 12.5 Å². The second-order valence-electron chi connectivity index (χ2n) is 3.34. The molecule has 1 fully saturated rings. The van der Waals surface area contributed by atoms with Gasteiger partial charge in [-0.15, -0.1) is 0 Å². The minimum Gasteiger partial charge on any atom is -0.329 e. The molecule has 2 nitrogen and oxygen atoms in total. The zero-order valence-corrected chi connectivity index (χ0v) is 7.01. The van der Waals surface area contributed by atoms with Crippen molar-refractivity contribution in [3.8, 4) is 0 Å². The second kappa shape index (κ2) is 3.35. The summed E-state index contributed by atoms with van der Waals surface area (Å²) in [5.41, 5.74) is 5.60. The van der Waals surface area contributed by atoms with Crippen molar-refractivity contribution in [3.05, 3.63) is 0 Å². The highest BCUT2D eigenvalue weighted by molar-refractivity contribution is 4.82. The number of hydrogen-bond acceptors (Lipinski definition) is 2. The highest BCUT2D eigenvalue weighted by Gasteiger charge is 2.26. The summed E-state index contributed by atoms with van der Waals surface area (Å²) in [6.45, 7) is 4.34.